The number of nitrogens with zero attached hydrogens (tertiary/aromatic N) is 1. The molecule has 4 heteroatoms. The number of halogens is 2. The summed E-state index contributed by atoms with van der Waals surface area (Å²) >= 11 is 5.89. The molecule has 0 fully saturated rings. The Hall–Kier alpha value is -1.09. The molecule has 0 amide bonds. The monoisotopic (exact) mass is 212 g/mol. The normalized spacial score (nSPS) is 15.4. The van der Waals surface area contributed by atoms with Crippen LogP contribution in [-0.4, -0.2) is 12.4 Å². The van der Waals surface area contributed by atoms with E-state index in [1.54, 1.807) is 0 Å². The Morgan fingerprint density at radius 3 is 3.00 bits per heavy atom. The van der Waals surface area contributed by atoms with Crippen molar-refractivity contribution in [3.8, 4) is 0 Å². The fraction of sp³-hybridized carbons (Fsp3) is 0.300. The molecule has 0 saturated carbocycles. The summed E-state index contributed by atoms with van der Waals surface area (Å²) in [6.45, 7) is 0.843. The van der Waals surface area contributed by atoms with Gasteiger partial charge in [0.1, 0.15) is 11.7 Å². The minimum Gasteiger partial charge on any atom is -0.343 e. The number of benzene rings is 1. The van der Waals surface area contributed by atoms with E-state index in [4.69, 9.17) is 11.6 Å². The van der Waals surface area contributed by atoms with Crippen molar-refractivity contribution in [2.24, 2.45) is 4.99 Å². The van der Waals surface area contributed by atoms with E-state index in [1.807, 2.05) is 0 Å². The molecule has 0 bridgehead atoms. The van der Waals surface area contributed by atoms with Gasteiger partial charge in [-0.1, -0.05) is 11.6 Å². The van der Waals surface area contributed by atoms with Crippen molar-refractivity contribution in [2.75, 3.05) is 11.9 Å². The van der Waals surface area contributed by atoms with Gasteiger partial charge in [0.15, 0.2) is 0 Å². The van der Waals surface area contributed by atoms with Crippen LogP contribution in [0.5, 0.6) is 0 Å². The Kier molecular flexibility index (Phi) is 2.68. The highest BCUT2D eigenvalue weighted by Crippen LogP contribution is 2.23. The highest BCUT2D eigenvalue weighted by molar-refractivity contribution is 6.33. The van der Waals surface area contributed by atoms with Crippen LogP contribution in [0.1, 0.15) is 12.8 Å². The second-order valence-electron chi connectivity index (χ2n) is 3.18. The van der Waals surface area contributed by atoms with Crippen molar-refractivity contribution < 1.29 is 4.39 Å². The van der Waals surface area contributed by atoms with Crippen LogP contribution in [0.25, 0.3) is 0 Å². The van der Waals surface area contributed by atoms with Crippen LogP contribution in [0.3, 0.4) is 0 Å². The van der Waals surface area contributed by atoms with E-state index in [0.29, 0.717) is 10.7 Å². The minimum atomic E-state index is -0.296. The second kappa shape index (κ2) is 3.96. The topological polar surface area (TPSA) is 24.4 Å². The molecular weight excluding hydrogens is 203 g/mol. The van der Waals surface area contributed by atoms with E-state index < -0.39 is 0 Å². The van der Waals surface area contributed by atoms with Crippen LogP contribution >= 0.6 is 11.6 Å². The number of anilines is 1. The summed E-state index contributed by atoms with van der Waals surface area (Å²) in [5, 5.41) is 3.54. The molecular formula is C10H10ClFN2. The van der Waals surface area contributed by atoms with Crippen LogP contribution in [0.15, 0.2) is 23.2 Å². The number of rotatable bonds is 1. The van der Waals surface area contributed by atoms with E-state index in [9.17, 15) is 4.39 Å². The number of amidine groups is 1. The minimum absolute atomic E-state index is 0.296. The summed E-state index contributed by atoms with van der Waals surface area (Å²) in [4.78, 5) is 4.23. The van der Waals surface area contributed by atoms with E-state index >= 15 is 0 Å². The van der Waals surface area contributed by atoms with Crippen molar-refractivity contribution in [3.05, 3.63) is 29.0 Å². The van der Waals surface area contributed by atoms with E-state index in [2.05, 4.69) is 10.3 Å². The predicted molar refractivity (Wildman–Crippen MR) is 56.6 cm³/mol. The lowest BCUT2D eigenvalue weighted by molar-refractivity contribution is 0.628. The molecule has 0 aromatic heterocycles. The zero-order valence-corrected chi connectivity index (χ0v) is 8.31. The molecule has 1 aromatic rings. The van der Waals surface area contributed by atoms with E-state index in [0.717, 1.165) is 25.2 Å². The Balaban J connectivity index is 2.19. The van der Waals surface area contributed by atoms with Gasteiger partial charge in [-0.25, -0.2) is 4.39 Å². The van der Waals surface area contributed by atoms with Crippen molar-refractivity contribution in [1.82, 2.24) is 0 Å². The molecule has 14 heavy (non-hydrogen) atoms. The summed E-state index contributed by atoms with van der Waals surface area (Å²) in [5.74, 6) is 0.591. The zero-order chi connectivity index (χ0) is 9.97. The quantitative estimate of drug-likeness (QED) is 0.760. The maximum Gasteiger partial charge on any atom is 0.125 e. The van der Waals surface area contributed by atoms with Gasteiger partial charge in [-0.3, -0.25) is 4.99 Å². The van der Waals surface area contributed by atoms with Gasteiger partial charge >= 0.3 is 0 Å². The van der Waals surface area contributed by atoms with Crippen LogP contribution in [0.4, 0.5) is 10.1 Å². The SMILES string of the molecule is Fc1ccc(Cl)c(NC2=NCCC2)c1. The molecule has 1 aliphatic heterocycles. The first kappa shape index (κ1) is 9.46. The highest BCUT2D eigenvalue weighted by atomic mass is 35.5. The molecule has 0 spiro atoms. The first-order chi connectivity index (χ1) is 6.75. The van der Waals surface area contributed by atoms with Gasteiger partial charge < -0.3 is 5.32 Å². The van der Waals surface area contributed by atoms with Crippen molar-refractivity contribution in [3.63, 3.8) is 0 Å². The van der Waals surface area contributed by atoms with Gasteiger partial charge in [0.25, 0.3) is 0 Å². The first-order valence-electron chi connectivity index (χ1n) is 4.51. The van der Waals surface area contributed by atoms with Gasteiger partial charge in [-0.2, -0.15) is 0 Å². The molecule has 0 atom stereocenters. The van der Waals surface area contributed by atoms with Crippen LogP contribution < -0.4 is 5.32 Å². The first-order valence-corrected chi connectivity index (χ1v) is 4.89. The van der Waals surface area contributed by atoms with Crippen molar-refractivity contribution in [2.45, 2.75) is 12.8 Å². The Bertz CT molecular complexity index is 376. The van der Waals surface area contributed by atoms with Crippen LogP contribution in [0, 0.1) is 5.82 Å². The van der Waals surface area contributed by atoms with Gasteiger partial charge in [0, 0.05) is 13.0 Å². The van der Waals surface area contributed by atoms with Crippen LogP contribution in [-0.2, 0) is 0 Å². The zero-order valence-electron chi connectivity index (χ0n) is 7.56. The van der Waals surface area contributed by atoms with Gasteiger partial charge in [0.05, 0.1) is 10.7 Å². The summed E-state index contributed by atoms with van der Waals surface area (Å²) in [7, 11) is 0. The molecule has 2 nitrogen and oxygen atoms in total. The molecule has 74 valence electrons. The maximum absolute atomic E-state index is 12.9. The summed E-state index contributed by atoms with van der Waals surface area (Å²) in [5.41, 5.74) is 0.590. The lowest BCUT2D eigenvalue weighted by Crippen LogP contribution is -2.08. The molecule has 1 aliphatic rings. The fourth-order valence-corrected chi connectivity index (χ4v) is 1.56. The third-order valence-electron chi connectivity index (χ3n) is 2.08. The molecule has 0 saturated heterocycles. The molecule has 1 heterocycles. The van der Waals surface area contributed by atoms with Gasteiger partial charge in [-0.05, 0) is 24.6 Å². The molecule has 0 radical (unpaired) electrons. The average molecular weight is 213 g/mol. The van der Waals surface area contributed by atoms with Gasteiger partial charge in [-0.15, -0.1) is 0 Å². The summed E-state index contributed by atoms with van der Waals surface area (Å²) in [6.07, 6.45) is 1.96. The van der Waals surface area contributed by atoms with Crippen molar-refractivity contribution >= 4 is 23.1 Å². The maximum atomic E-state index is 12.9. The van der Waals surface area contributed by atoms with Crippen LogP contribution in [0.2, 0.25) is 5.02 Å². The predicted octanol–water partition coefficient (Wildman–Crippen LogP) is 3.08. The number of aliphatic imine (C=N–C) groups is 1. The molecule has 0 unspecified atom stereocenters. The molecule has 1 N–H and O–H groups in total. The summed E-state index contributed by atoms with van der Waals surface area (Å²) in [6, 6.07) is 4.25. The third-order valence-corrected chi connectivity index (χ3v) is 2.41. The molecule has 2 rings (SSSR count). The average Bonchev–Trinajstić information content (AvgIpc) is 2.64. The van der Waals surface area contributed by atoms with E-state index in [1.165, 1.54) is 18.2 Å². The largest absolute Gasteiger partial charge is 0.343 e. The fourth-order valence-electron chi connectivity index (χ4n) is 1.39. The Labute approximate surface area is 86.8 Å². The molecule has 1 aromatic carbocycles. The smallest absolute Gasteiger partial charge is 0.125 e. The highest BCUT2D eigenvalue weighted by Gasteiger charge is 2.08. The standard InChI is InChI=1S/C10H10ClFN2/c11-8-4-3-7(12)6-9(8)14-10-2-1-5-13-10/h3-4,6H,1-2,5H2,(H,13,14). The summed E-state index contributed by atoms with van der Waals surface area (Å²) < 4.78 is 12.9. The Morgan fingerprint density at radius 1 is 1.43 bits per heavy atom. The lowest BCUT2D eigenvalue weighted by atomic mass is 10.3. The third kappa shape index (κ3) is 2.04. The number of hydrogen-bond donors (Lipinski definition) is 1. The lowest BCUT2D eigenvalue weighted by Gasteiger charge is -2.07. The second-order valence-corrected chi connectivity index (χ2v) is 3.59. The number of nitrogens with one attached hydrogen (secondary N) is 1. The van der Waals surface area contributed by atoms with E-state index in [-0.39, 0.29) is 5.82 Å². The number of hydrogen-bond acceptors (Lipinski definition) is 2. The van der Waals surface area contributed by atoms with Gasteiger partial charge in [0.2, 0.25) is 0 Å². The van der Waals surface area contributed by atoms with Crippen molar-refractivity contribution in [1.29, 1.82) is 0 Å². The Morgan fingerprint density at radius 2 is 2.29 bits per heavy atom. The molecule has 0 aliphatic carbocycles.